The van der Waals surface area contributed by atoms with Gasteiger partial charge in [-0.2, -0.15) is 11.6 Å². The molecule has 1 unspecified atom stereocenters. The lowest BCUT2D eigenvalue weighted by atomic mass is 9.66. The van der Waals surface area contributed by atoms with Crippen molar-refractivity contribution in [1.29, 1.82) is 0 Å². The van der Waals surface area contributed by atoms with Gasteiger partial charge in [-0.1, -0.05) is 71.6 Å². The molecule has 0 aromatic heterocycles. The Balaban J connectivity index is 1.62. The van der Waals surface area contributed by atoms with Gasteiger partial charge in [-0.15, -0.1) is 0 Å². The lowest BCUT2D eigenvalue weighted by Gasteiger charge is -2.35. The first-order chi connectivity index (χ1) is 9.83. The average Bonchev–Trinajstić information content (AvgIpc) is 2.49. The molecule has 1 heterocycles. The third kappa shape index (κ3) is 5.29. The van der Waals surface area contributed by atoms with E-state index in [4.69, 9.17) is 4.65 Å². The number of rotatable bonds is 7. The van der Waals surface area contributed by atoms with Gasteiger partial charge in [0.1, 0.15) is 0 Å². The van der Waals surface area contributed by atoms with E-state index < -0.39 is 0 Å². The van der Waals surface area contributed by atoms with Gasteiger partial charge in [-0.05, 0) is 29.8 Å². The average molecular weight is 296 g/mol. The van der Waals surface area contributed by atoms with Crippen LogP contribution in [-0.2, 0) is 4.65 Å². The third-order valence-corrected chi connectivity index (χ3v) is 6.69. The molecule has 1 saturated heterocycles. The van der Waals surface area contributed by atoms with E-state index in [1.54, 1.807) is 0 Å². The standard InChI is InChI=1S/C17H33BOS/c1-3-5-6-8-16-13-19-18(20-14-16)17-11-9-15(7-4-2)10-12-17/h15-17H,3-14H2,1-2H3. The van der Waals surface area contributed by atoms with Gasteiger partial charge in [-0.25, -0.2) is 0 Å². The van der Waals surface area contributed by atoms with Crippen LogP contribution in [0, 0.1) is 11.8 Å². The number of hydrogen-bond donors (Lipinski definition) is 0. The van der Waals surface area contributed by atoms with Crippen molar-refractivity contribution < 1.29 is 4.65 Å². The summed E-state index contributed by atoms with van der Waals surface area (Å²) < 4.78 is 6.22. The zero-order valence-corrected chi connectivity index (χ0v) is 14.4. The first kappa shape index (κ1) is 16.7. The molecule has 2 fully saturated rings. The first-order valence-electron chi connectivity index (χ1n) is 9.06. The van der Waals surface area contributed by atoms with Crippen LogP contribution >= 0.6 is 11.6 Å². The molecule has 2 rings (SSSR count). The van der Waals surface area contributed by atoms with Crippen molar-refractivity contribution in [2.45, 2.75) is 83.9 Å². The maximum Gasteiger partial charge on any atom is 0.364 e. The van der Waals surface area contributed by atoms with Gasteiger partial charge in [0.2, 0.25) is 0 Å². The fraction of sp³-hybridized carbons (Fsp3) is 1.00. The summed E-state index contributed by atoms with van der Waals surface area (Å²) in [5, 5.41) is 0. The van der Waals surface area contributed by atoms with Gasteiger partial charge >= 0.3 is 6.19 Å². The molecule has 1 atom stereocenters. The Kier molecular flexibility index (Phi) is 7.87. The molecule has 1 nitrogen and oxygen atoms in total. The van der Waals surface area contributed by atoms with Crippen molar-refractivity contribution in [3.8, 4) is 0 Å². The van der Waals surface area contributed by atoms with Gasteiger partial charge in [0.15, 0.2) is 0 Å². The highest BCUT2D eigenvalue weighted by atomic mass is 32.2. The molecule has 2 aliphatic rings. The Hall–Kier alpha value is 0.375. The monoisotopic (exact) mass is 296 g/mol. The summed E-state index contributed by atoms with van der Waals surface area (Å²) >= 11 is 2.13. The normalized spacial score (nSPS) is 31.5. The van der Waals surface area contributed by atoms with Crippen molar-refractivity contribution in [1.82, 2.24) is 0 Å². The lowest BCUT2D eigenvalue weighted by Crippen LogP contribution is -2.33. The Morgan fingerprint density at radius 1 is 0.950 bits per heavy atom. The van der Waals surface area contributed by atoms with Gasteiger partial charge in [-0.3, -0.25) is 0 Å². The quantitative estimate of drug-likeness (QED) is 0.434. The van der Waals surface area contributed by atoms with Crippen molar-refractivity contribution in [2.24, 2.45) is 11.8 Å². The molecule has 3 heteroatoms. The second-order valence-corrected chi connectivity index (χ2v) is 8.10. The van der Waals surface area contributed by atoms with Gasteiger partial charge in [0.05, 0.1) is 0 Å². The maximum atomic E-state index is 6.22. The summed E-state index contributed by atoms with van der Waals surface area (Å²) in [6.45, 7) is 5.65. The highest BCUT2D eigenvalue weighted by Gasteiger charge is 2.35. The van der Waals surface area contributed by atoms with E-state index in [1.807, 2.05) is 0 Å². The Morgan fingerprint density at radius 3 is 2.35 bits per heavy atom. The van der Waals surface area contributed by atoms with Crippen LogP contribution in [-0.4, -0.2) is 18.6 Å². The summed E-state index contributed by atoms with van der Waals surface area (Å²) in [4.78, 5) is 0. The van der Waals surface area contributed by atoms with E-state index >= 15 is 0 Å². The molecule has 1 saturated carbocycles. The second kappa shape index (κ2) is 9.40. The summed E-state index contributed by atoms with van der Waals surface area (Å²) in [6, 6.07) is 0. The Bertz CT molecular complexity index is 245. The van der Waals surface area contributed by atoms with E-state index in [-0.39, 0.29) is 0 Å². The van der Waals surface area contributed by atoms with E-state index in [1.165, 1.54) is 70.0 Å². The van der Waals surface area contributed by atoms with Gasteiger partial charge in [0.25, 0.3) is 0 Å². The smallest absolute Gasteiger partial charge is 0.364 e. The van der Waals surface area contributed by atoms with E-state index in [9.17, 15) is 0 Å². The molecular formula is C17H33BOS. The molecule has 0 aromatic carbocycles. The summed E-state index contributed by atoms with van der Waals surface area (Å²) in [7, 11) is 0. The van der Waals surface area contributed by atoms with Crippen molar-refractivity contribution >= 4 is 17.8 Å². The van der Waals surface area contributed by atoms with Crippen LogP contribution in [0.4, 0.5) is 0 Å². The molecule has 0 amide bonds. The molecule has 0 spiro atoms. The topological polar surface area (TPSA) is 9.23 Å². The summed E-state index contributed by atoms with van der Waals surface area (Å²) in [5.41, 5.74) is 0. The SMILES string of the molecule is CCCCCC1COB(C2CCC(CCC)CC2)SC1. The highest BCUT2D eigenvalue weighted by Crippen LogP contribution is 2.41. The molecule has 0 aromatic rings. The molecule has 1 aliphatic carbocycles. The molecule has 0 bridgehead atoms. The van der Waals surface area contributed by atoms with Crippen LogP contribution in [0.1, 0.15) is 78.1 Å². The van der Waals surface area contributed by atoms with E-state index in [2.05, 4.69) is 25.5 Å². The molecular weight excluding hydrogens is 263 g/mol. The third-order valence-electron chi connectivity index (χ3n) is 5.18. The van der Waals surface area contributed by atoms with Crippen molar-refractivity contribution in [3.63, 3.8) is 0 Å². The molecule has 0 radical (unpaired) electrons. The largest absolute Gasteiger partial charge is 0.425 e. The molecule has 116 valence electrons. The minimum absolute atomic E-state index is 0.528. The van der Waals surface area contributed by atoms with Gasteiger partial charge in [0, 0.05) is 6.61 Å². The van der Waals surface area contributed by atoms with Crippen molar-refractivity contribution in [3.05, 3.63) is 0 Å². The fourth-order valence-electron chi connectivity index (χ4n) is 3.84. The van der Waals surface area contributed by atoms with Crippen LogP contribution < -0.4 is 0 Å². The van der Waals surface area contributed by atoms with Gasteiger partial charge < -0.3 is 4.65 Å². The lowest BCUT2D eigenvalue weighted by molar-refractivity contribution is 0.238. The maximum absolute atomic E-state index is 6.22. The summed E-state index contributed by atoms with van der Waals surface area (Å²) in [6.07, 6.45) is 14.6. The van der Waals surface area contributed by atoms with Crippen LogP contribution in [0.5, 0.6) is 0 Å². The van der Waals surface area contributed by atoms with Crippen LogP contribution in [0.3, 0.4) is 0 Å². The number of unbranched alkanes of at least 4 members (excludes halogenated alkanes) is 2. The van der Waals surface area contributed by atoms with E-state index in [0.717, 1.165) is 24.3 Å². The Labute approximate surface area is 131 Å². The highest BCUT2D eigenvalue weighted by molar-refractivity contribution is 8.25. The second-order valence-electron chi connectivity index (χ2n) is 6.97. The zero-order valence-electron chi connectivity index (χ0n) is 13.6. The predicted molar refractivity (Wildman–Crippen MR) is 92.4 cm³/mol. The minimum Gasteiger partial charge on any atom is -0.425 e. The van der Waals surface area contributed by atoms with Crippen LogP contribution in [0.15, 0.2) is 0 Å². The summed E-state index contributed by atoms with van der Waals surface area (Å²) in [5.74, 6) is 4.05. The minimum atomic E-state index is 0.528. The zero-order chi connectivity index (χ0) is 14.2. The number of hydrogen-bond acceptors (Lipinski definition) is 2. The van der Waals surface area contributed by atoms with Crippen molar-refractivity contribution in [2.75, 3.05) is 12.4 Å². The van der Waals surface area contributed by atoms with Crippen LogP contribution in [0.25, 0.3) is 0 Å². The molecule has 1 aliphatic heterocycles. The fourth-order valence-corrected chi connectivity index (χ4v) is 5.28. The first-order valence-corrected chi connectivity index (χ1v) is 10.1. The van der Waals surface area contributed by atoms with Crippen LogP contribution in [0.2, 0.25) is 5.82 Å². The molecule has 0 N–H and O–H groups in total. The molecule has 20 heavy (non-hydrogen) atoms. The Morgan fingerprint density at radius 2 is 1.75 bits per heavy atom. The van der Waals surface area contributed by atoms with E-state index in [0.29, 0.717) is 6.19 Å². The predicted octanol–water partition coefficient (Wildman–Crippen LogP) is 5.80.